The predicted molar refractivity (Wildman–Crippen MR) is 87.2 cm³/mol. The molecule has 0 spiro atoms. The van der Waals surface area contributed by atoms with E-state index in [0.717, 1.165) is 32.1 Å². The quantitative estimate of drug-likeness (QED) is 0.642. The molecule has 21 heavy (non-hydrogen) atoms. The second-order valence-corrected chi connectivity index (χ2v) is 8.17. The summed E-state index contributed by atoms with van der Waals surface area (Å²) in [7, 11) is -3.68. The van der Waals surface area contributed by atoms with E-state index in [-0.39, 0.29) is 26.7 Å². The van der Waals surface area contributed by atoms with Crippen LogP contribution in [0.5, 0.6) is 0 Å². The van der Waals surface area contributed by atoms with Crippen molar-refractivity contribution in [3.05, 3.63) is 22.2 Å². The first-order valence-electron chi connectivity index (χ1n) is 7.07. The third-order valence-electron chi connectivity index (χ3n) is 3.96. The Bertz CT molecular complexity index is 620. The van der Waals surface area contributed by atoms with Crippen molar-refractivity contribution < 1.29 is 8.42 Å². The van der Waals surface area contributed by atoms with Crippen molar-refractivity contribution in [1.82, 2.24) is 4.72 Å². The largest absolute Gasteiger partial charge is 0.396 e. The minimum atomic E-state index is -3.68. The van der Waals surface area contributed by atoms with Gasteiger partial charge in [-0.2, -0.15) is 0 Å². The molecule has 2 unspecified atom stereocenters. The molecule has 4 nitrogen and oxygen atoms in total. The Morgan fingerprint density at radius 3 is 2.62 bits per heavy atom. The Kier molecular flexibility index (Phi) is 5.41. The van der Waals surface area contributed by atoms with Crippen LogP contribution >= 0.6 is 23.2 Å². The summed E-state index contributed by atoms with van der Waals surface area (Å²) in [4.78, 5) is -0.0108. The first-order valence-corrected chi connectivity index (χ1v) is 9.31. The van der Waals surface area contributed by atoms with E-state index >= 15 is 0 Å². The number of anilines is 1. The molecule has 1 aromatic rings. The molecule has 0 aliphatic heterocycles. The average Bonchev–Trinajstić information content (AvgIpc) is 2.60. The number of sulfonamides is 1. The summed E-state index contributed by atoms with van der Waals surface area (Å²) in [5, 5.41) is 0.235. The molecule has 1 aromatic carbocycles. The number of nitrogens with two attached hydrogens (primary N) is 1. The van der Waals surface area contributed by atoms with E-state index in [2.05, 4.69) is 11.6 Å². The van der Waals surface area contributed by atoms with Crippen molar-refractivity contribution in [2.75, 3.05) is 5.73 Å². The monoisotopic (exact) mass is 350 g/mol. The number of nitrogens with one attached hydrogen (secondary N) is 1. The molecule has 118 valence electrons. The van der Waals surface area contributed by atoms with Crippen molar-refractivity contribution in [1.29, 1.82) is 0 Å². The smallest absolute Gasteiger partial charge is 0.242 e. The summed E-state index contributed by atoms with van der Waals surface area (Å²) < 4.78 is 27.7. The highest BCUT2D eigenvalue weighted by atomic mass is 35.5. The van der Waals surface area contributed by atoms with Gasteiger partial charge in [0.25, 0.3) is 0 Å². The topological polar surface area (TPSA) is 72.2 Å². The average molecular weight is 351 g/mol. The summed E-state index contributed by atoms with van der Waals surface area (Å²) in [6.07, 6.45) is 4.91. The fourth-order valence-electron chi connectivity index (χ4n) is 2.64. The Hall–Kier alpha value is -0.490. The van der Waals surface area contributed by atoms with Crippen molar-refractivity contribution in [3.8, 4) is 0 Å². The van der Waals surface area contributed by atoms with Crippen molar-refractivity contribution in [2.24, 2.45) is 5.92 Å². The normalized spacial score (nSPS) is 23.8. The number of rotatable bonds is 3. The van der Waals surface area contributed by atoms with Gasteiger partial charge in [-0.05, 0) is 37.3 Å². The van der Waals surface area contributed by atoms with Crippen molar-refractivity contribution in [3.63, 3.8) is 0 Å². The molecule has 1 fully saturated rings. The molecule has 0 amide bonds. The van der Waals surface area contributed by atoms with Gasteiger partial charge >= 0.3 is 0 Å². The lowest BCUT2D eigenvalue weighted by atomic mass is 10.0. The molecule has 2 rings (SSSR count). The molecule has 0 heterocycles. The van der Waals surface area contributed by atoms with Crippen LogP contribution in [-0.4, -0.2) is 14.5 Å². The number of nitrogen functional groups attached to an aromatic ring is 1. The maximum absolute atomic E-state index is 12.5. The Balaban J connectivity index is 2.21. The van der Waals surface area contributed by atoms with Gasteiger partial charge in [0.2, 0.25) is 10.0 Å². The Morgan fingerprint density at radius 1 is 1.19 bits per heavy atom. The van der Waals surface area contributed by atoms with E-state index in [1.807, 2.05) is 0 Å². The zero-order valence-corrected chi connectivity index (χ0v) is 14.2. The summed E-state index contributed by atoms with van der Waals surface area (Å²) in [5.41, 5.74) is 5.79. The van der Waals surface area contributed by atoms with Crippen LogP contribution in [0.15, 0.2) is 17.0 Å². The molecule has 0 bridgehead atoms. The van der Waals surface area contributed by atoms with Gasteiger partial charge in [-0.3, -0.25) is 0 Å². The van der Waals surface area contributed by atoms with Crippen LogP contribution in [-0.2, 0) is 10.0 Å². The molecule has 1 aliphatic carbocycles. The van der Waals surface area contributed by atoms with E-state index in [1.54, 1.807) is 0 Å². The van der Waals surface area contributed by atoms with Gasteiger partial charge in [0, 0.05) is 6.04 Å². The highest BCUT2D eigenvalue weighted by molar-refractivity contribution is 7.89. The van der Waals surface area contributed by atoms with Crippen LogP contribution in [0.2, 0.25) is 10.0 Å². The fourth-order valence-corrected chi connectivity index (χ4v) is 4.71. The molecule has 0 radical (unpaired) electrons. The van der Waals surface area contributed by atoms with E-state index in [1.165, 1.54) is 12.1 Å². The van der Waals surface area contributed by atoms with Gasteiger partial charge < -0.3 is 5.73 Å². The lowest BCUT2D eigenvalue weighted by Gasteiger charge is -2.17. The highest BCUT2D eigenvalue weighted by Crippen LogP contribution is 2.33. The molecule has 1 saturated carbocycles. The highest BCUT2D eigenvalue weighted by Gasteiger charge is 2.25. The second kappa shape index (κ2) is 6.73. The van der Waals surface area contributed by atoms with Crippen LogP contribution in [0.25, 0.3) is 0 Å². The minimum Gasteiger partial charge on any atom is -0.396 e. The first-order chi connectivity index (χ1) is 9.81. The summed E-state index contributed by atoms with van der Waals surface area (Å²) in [5.74, 6) is 0.647. The van der Waals surface area contributed by atoms with E-state index in [4.69, 9.17) is 28.9 Å². The maximum Gasteiger partial charge on any atom is 0.242 e. The van der Waals surface area contributed by atoms with Gasteiger partial charge in [0.15, 0.2) is 0 Å². The standard InChI is InChI=1S/C14H20Cl2N2O2S/c1-9-3-2-4-10(6-5-9)18-21(19,20)12-8-7-11(15)14(17)13(12)16/h7-10,18H,2-6,17H2,1H3. The third-order valence-corrected chi connectivity index (χ3v) is 6.37. The van der Waals surface area contributed by atoms with Gasteiger partial charge in [-0.15, -0.1) is 0 Å². The lowest BCUT2D eigenvalue weighted by molar-refractivity contribution is 0.484. The van der Waals surface area contributed by atoms with Crippen molar-refractivity contribution in [2.45, 2.75) is 50.0 Å². The zero-order chi connectivity index (χ0) is 15.6. The van der Waals surface area contributed by atoms with Crippen LogP contribution in [0.1, 0.15) is 39.0 Å². The van der Waals surface area contributed by atoms with E-state index < -0.39 is 10.0 Å². The van der Waals surface area contributed by atoms with Crippen LogP contribution < -0.4 is 10.5 Å². The fraction of sp³-hybridized carbons (Fsp3) is 0.571. The second-order valence-electron chi connectivity index (χ2n) is 5.70. The maximum atomic E-state index is 12.5. The molecular formula is C14H20Cl2N2O2S. The molecule has 1 aliphatic rings. The van der Waals surface area contributed by atoms with Gasteiger partial charge in [-0.1, -0.05) is 43.0 Å². The van der Waals surface area contributed by atoms with Crippen LogP contribution in [0, 0.1) is 5.92 Å². The number of hydrogen-bond donors (Lipinski definition) is 2. The predicted octanol–water partition coefficient (Wildman–Crippen LogP) is 3.82. The number of hydrogen-bond acceptors (Lipinski definition) is 3. The molecule has 7 heteroatoms. The van der Waals surface area contributed by atoms with E-state index in [0.29, 0.717) is 5.92 Å². The van der Waals surface area contributed by atoms with Crippen LogP contribution in [0.4, 0.5) is 5.69 Å². The Labute approximate surface area is 136 Å². The zero-order valence-electron chi connectivity index (χ0n) is 11.9. The van der Waals surface area contributed by atoms with Crippen molar-refractivity contribution >= 4 is 38.9 Å². The summed E-state index contributed by atoms with van der Waals surface area (Å²) in [6, 6.07) is 2.79. The van der Waals surface area contributed by atoms with E-state index in [9.17, 15) is 8.42 Å². The SMILES string of the molecule is CC1CCCC(NS(=O)(=O)c2ccc(Cl)c(N)c2Cl)CC1. The van der Waals surface area contributed by atoms with Gasteiger partial charge in [0.05, 0.1) is 15.7 Å². The van der Waals surface area contributed by atoms with Crippen LogP contribution in [0.3, 0.4) is 0 Å². The Morgan fingerprint density at radius 2 is 1.90 bits per heavy atom. The van der Waals surface area contributed by atoms with Gasteiger partial charge in [-0.25, -0.2) is 13.1 Å². The van der Waals surface area contributed by atoms with Gasteiger partial charge in [0.1, 0.15) is 4.90 Å². The lowest BCUT2D eigenvalue weighted by Crippen LogP contribution is -2.34. The summed E-state index contributed by atoms with van der Waals surface area (Å²) >= 11 is 11.9. The summed E-state index contributed by atoms with van der Waals surface area (Å²) in [6.45, 7) is 2.20. The molecular weight excluding hydrogens is 331 g/mol. The molecule has 3 N–H and O–H groups in total. The third kappa shape index (κ3) is 4.03. The molecule has 2 atom stereocenters. The number of benzene rings is 1. The number of halogens is 2. The molecule has 0 saturated heterocycles. The first kappa shape index (κ1) is 16.9. The molecule has 0 aromatic heterocycles. The minimum absolute atomic E-state index is 0.0108.